The normalized spacial score (nSPS) is 10.6. The van der Waals surface area contributed by atoms with Gasteiger partial charge in [0.1, 0.15) is 0 Å². The molecule has 84 valence electrons. The van der Waals surface area contributed by atoms with Crippen LogP contribution in [0.2, 0.25) is 0 Å². The molecule has 0 spiro atoms. The summed E-state index contributed by atoms with van der Waals surface area (Å²) in [6.45, 7) is 0. The Balaban J connectivity index is 2.06. The van der Waals surface area contributed by atoms with Crippen molar-refractivity contribution in [3.05, 3.63) is 67.3 Å². The van der Waals surface area contributed by atoms with E-state index in [-0.39, 0.29) is 0 Å². The van der Waals surface area contributed by atoms with Gasteiger partial charge in [-0.25, -0.2) is 0 Å². The van der Waals surface area contributed by atoms with Crippen LogP contribution in [0.1, 0.15) is 0 Å². The van der Waals surface area contributed by atoms with Crippen LogP contribution in [0.4, 0.5) is 5.69 Å². The van der Waals surface area contributed by atoms with Crippen molar-refractivity contribution in [3.8, 4) is 11.4 Å². The second-order valence-corrected chi connectivity index (χ2v) is 3.92. The molecule has 0 radical (unpaired) electrons. The van der Waals surface area contributed by atoms with Gasteiger partial charge in [-0.3, -0.25) is 0 Å². The van der Waals surface area contributed by atoms with E-state index in [1.54, 1.807) is 0 Å². The molecule has 0 aliphatic heterocycles. The fraction of sp³-hybridized carbons (Fsp3) is 0. The number of nitrogen functional groups attached to an aromatic ring is 1. The van der Waals surface area contributed by atoms with Crippen molar-refractivity contribution < 1.29 is 0 Å². The Kier molecular flexibility index (Phi) is 2.22. The van der Waals surface area contributed by atoms with Crippen molar-refractivity contribution in [2.45, 2.75) is 0 Å². The summed E-state index contributed by atoms with van der Waals surface area (Å²) in [5, 5.41) is 0. The topological polar surface area (TPSA) is 35.9 Å². The van der Waals surface area contributed by atoms with Gasteiger partial charge in [0, 0.05) is 30.5 Å². The zero-order valence-corrected chi connectivity index (χ0v) is 9.32. The molecule has 2 N–H and O–H groups in total. The van der Waals surface area contributed by atoms with Crippen LogP contribution in [-0.2, 0) is 0 Å². The van der Waals surface area contributed by atoms with E-state index in [9.17, 15) is 0 Å². The summed E-state index contributed by atoms with van der Waals surface area (Å²) < 4.78 is 4.05. The predicted octanol–water partition coefficient (Wildman–Crippen LogP) is 2.85. The minimum Gasteiger partial charge on any atom is -0.397 e. The minimum absolute atomic E-state index is 0.771. The zero-order chi connectivity index (χ0) is 11.7. The van der Waals surface area contributed by atoms with Crippen LogP contribution in [0.15, 0.2) is 67.3 Å². The molecule has 0 amide bonds. The summed E-state index contributed by atoms with van der Waals surface area (Å²) in [5.41, 5.74) is 8.93. The fourth-order valence-corrected chi connectivity index (χ4v) is 1.94. The number of benzene rings is 1. The third-order valence-corrected chi connectivity index (χ3v) is 2.80. The second kappa shape index (κ2) is 3.87. The number of aromatic nitrogens is 2. The Morgan fingerprint density at radius 2 is 1.35 bits per heavy atom. The number of rotatable bonds is 2. The smallest absolute Gasteiger partial charge is 0.0682 e. The summed E-state index contributed by atoms with van der Waals surface area (Å²) in [4.78, 5) is 0. The monoisotopic (exact) mass is 223 g/mol. The fourth-order valence-electron chi connectivity index (χ4n) is 1.94. The Morgan fingerprint density at radius 1 is 0.765 bits per heavy atom. The first kappa shape index (κ1) is 9.78. The molecule has 0 saturated carbocycles. The standard InChI is InChI=1S/C14H13N3/c15-13-11-12(16-7-1-2-8-16)5-6-14(13)17-9-3-4-10-17/h1-11H,15H2. The molecular formula is C14H13N3. The lowest BCUT2D eigenvalue weighted by Crippen LogP contribution is -1.99. The SMILES string of the molecule is Nc1cc(-n2cccc2)ccc1-n1cccc1. The lowest BCUT2D eigenvalue weighted by atomic mass is 10.2. The van der Waals surface area contributed by atoms with Gasteiger partial charge in [-0.05, 0) is 42.5 Å². The molecule has 0 fully saturated rings. The molecular weight excluding hydrogens is 210 g/mol. The van der Waals surface area contributed by atoms with Gasteiger partial charge in [0.25, 0.3) is 0 Å². The first-order chi connectivity index (χ1) is 8.34. The summed E-state index contributed by atoms with van der Waals surface area (Å²) in [5.74, 6) is 0. The molecule has 1 aromatic carbocycles. The maximum absolute atomic E-state index is 6.08. The summed E-state index contributed by atoms with van der Waals surface area (Å²) in [6.07, 6.45) is 7.98. The second-order valence-electron chi connectivity index (χ2n) is 3.92. The first-order valence-electron chi connectivity index (χ1n) is 5.51. The molecule has 2 heterocycles. The van der Waals surface area contributed by atoms with Crippen molar-refractivity contribution in [3.63, 3.8) is 0 Å². The van der Waals surface area contributed by atoms with Crippen LogP contribution >= 0.6 is 0 Å². The molecule has 3 rings (SSSR count). The molecule has 0 unspecified atom stereocenters. The van der Waals surface area contributed by atoms with Gasteiger partial charge in [0.15, 0.2) is 0 Å². The van der Waals surface area contributed by atoms with Crippen LogP contribution < -0.4 is 5.73 Å². The van der Waals surface area contributed by atoms with E-state index < -0.39 is 0 Å². The third kappa shape index (κ3) is 1.72. The van der Waals surface area contributed by atoms with Crippen molar-refractivity contribution in [2.24, 2.45) is 0 Å². The lowest BCUT2D eigenvalue weighted by molar-refractivity contribution is 1.05. The average Bonchev–Trinajstić information content (AvgIpc) is 3.02. The lowest BCUT2D eigenvalue weighted by Gasteiger charge is -2.10. The average molecular weight is 223 g/mol. The van der Waals surface area contributed by atoms with E-state index in [0.717, 1.165) is 17.1 Å². The van der Waals surface area contributed by atoms with Crippen molar-refractivity contribution in [1.82, 2.24) is 9.13 Å². The van der Waals surface area contributed by atoms with E-state index in [1.165, 1.54) is 0 Å². The third-order valence-electron chi connectivity index (χ3n) is 2.80. The molecule has 0 aliphatic carbocycles. The molecule has 17 heavy (non-hydrogen) atoms. The van der Waals surface area contributed by atoms with E-state index in [1.807, 2.05) is 70.3 Å². The highest BCUT2D eigenvalue weighted by molar-refractivity contribution is 5.62. The Morgan fingerprint density at radius 3 is 1.94 bits per heavy atom. The molecule has 0 saturated heterocycles. The molecule has 0 bridgehead atoms. The van der Waals surface area contributed by atoms with Gasteiger partial charge in [0.05, 0.1) is 11.4 Å². The highest BCUT2D eigenvalue weighted by Crippen LogP contribution is 2.21. The minimum atomic E-state index is 0.771. The van der Waals surface area contributed by atoms with Gasteiger partial charge < -0.3 is 14.9 Å². The van der Waals surface area contributed by atoms with E-state index in [2.05, 4.69) is 6.07 Å². The Labute approximate surface area is 99.7 Å². The summed E-state index contributed by atoms with van der Waals surface area (Å²) in [6, 6.07) is 14.0. The van der Waals surface area contributed by atoms with Gasteiger partial charge in [-0.15, -0.1) is 0 Å². The maximum atomic E-state index is 6.08. The van der Waals surface area contributed by atoms with Crippen molar-refractivity contribution >= 4 is 5.69 Å². The van der Waals surface area contributed by atoms with E-state index in [4.69, 9.17) is 5.73 Å². The van der Waals surface area contributed by atoms with Crippen LogP contribution in [0.3, 0.4) is 0 Å². The Bertz CT molecular complexity index is 607. The van der Waals surface area contributed by atoms with Crippen LogP contribution in [0.25, 0.3) is 11.4 Å². The van der Waals surface area contributed by atoms with Crippen LogP contribution in [-0.4, -0.2) is 9.13 Å². The van der Waals surface area contributed by atoms with Gasteiger partial charge in [-0.2, -0.15) is 0 Å². The molecule has 0 atom stereocenters. The highest BCUT2D eigenvalue weighted by Gasteiger charge is 2.02. The number of anilines is 1. The van der Waals surface area contributed by atoms with Crippen LogP contribution in [0.5, 0.6) is 0 Å². The summed E-state index contributed by atoms with van der Waals surface area (Å²) >= 11 is 0. The van der Waals surface area contributed by atoms with E-state index >= 15 is 0 Å². The van der Waals surface area contributed by atoms with Crippen molar-refractivity contribution in [2.75, 3.05) is 5.73 Å². The van der Waals surface area contributed by atoms with Gasteiger partial charge in [-0.1, -0.05) is 0 Å². The first-order valence-corrected chi connectivity index (χ1v) is 5.51. The number of hydrogen-bond acceptors (Lipinski definition) is 1. The molecule has 3 aromatic rings. The quantitative estimate of drug-likeness (QED) is 0.666. The molecule has 3 nitrogen and oxygen atoms in total. The number of nitrogens with zero attached hydrogens (tertiary/aromatic N) is 2. The van der Waals surface area contributed by atoms with E-state index in [0.29, 0.717) is 0 Å². The zero-order valence-electron chi connectivity index (χ0n) is 9.32. The van der Waals surface area contributed by atoms with Crippen molar-refractivity contribution in [1.29, 1.82) is 0 Å². The van der Waals surface area contributed by atoms with Gasteiger partial charge in [0.2, 0.25) is 0 Å². The number of hydrogen-bond donors (Lipinski definition) is 1. The predicted molar refractivity (Wildman–Crippen MR) is 69.5 cm³/mol. The highest BCUT2D eigenvalue weighted by atomic mass is 15.0. The summed E-state index contributed by atoms with van der Waals surface area (Å²) in [7, 11) is 0. The maximum Gasteiger partial charge on any atom is 0.0682 e. The van der Waals surface area contributed by atoms with Gasteiger partial charge >= 0.3 is 0 Å². The molecule has 2 aromatic heterocycles. The molecule has 0 aliphatic rings. The van der Waals surface area contributed by atoms with Crippen LogP contribution in [0, 0.1) is 0 Å². The Hall–Kier alpha value is -2.42. The number of nitrogens with two attached hydrogens (primary N) is 1. The largest absolute Gasteiger partial charge is 0.397 e. The molecule has 3 heteroatoms.